The summed E-state index contributed by atoms with van der Waals surface area (Å²) in [5.41, 5.74) is 1.88. The van der Waals surface area contributed by atoms with Gasteiger partial charge in [0.05, 0.1) is 12.1 Å². The zero-order chi connectivity index (χ0) is 17.1. The van der Waals surface area contributed by atoms with Crippen LogP contribution in [-0.4, -0.2) is 30.4 Å². The highest BCUT2D eigenvalue weighted by molar-refractivity contribution is 7.16. The number of nitrogens with one attached hydrogen (secondary N) is 1. The van der Waals surface area contributed by atoms with Crippen molar-refractivity contribution in [2.75, 3.05) is 18.9 Å². The van der Waals surface area contributed by atoms with Gasteiger partial charge in [0.2, 0.25) is 5.91 Å². The number of rotatable bonds is 4. The van der Waals surface area contributed by atoms with Crippen LogP contribution in [0.4, 0.5) is 5.00 Å². The Morgan fingerprint density at radius 1 is 1.33 bits per heavy atom. The van der Waals surface area contributed by atoms with Crippen LogP contribution in [0.1, 0.15) is 61.5 Å². The lowest BCUT2D eigenvalue weighted by Gasteiger charge is -2.30. The van der Waals surface area contributed by atoms with Gasteiger partial charge in [0.25, 0.3) is 0 Å². The third kappa shape index (κ3) is 3.81. The van der Waals surface area contributed by atoms with Crippen LogP contribution >= 0.6 is 11.3 Å². The minimum absolute atomic E-state index is 0.00576. The normalized spacial score (nSPS) is 21.3. The van der Waals surface area contributed by atoms with Crippen molar-refractivity contribution in [3.8, 4) is 6.07 Å². The summed E-state index contributed by atoms with van der Waals surface area (Å²) in [6.45, 7) is 2.67. The number of amides is 1. The van der Waals surface area contributed by atoms with Gasteiger partial charge in [0, 0.05) is 10.9 Å². The summed E-state index contributed by atoms with van der Waals surface area (Å²) in [7, 11) is 2.04. The first-order valence-corrected chi connectivity index (χ1v) is 9.95. The standard InChI is InChI=1S/C19H27N3OS/c1-13-8-9-15-16(11-20)19(24-17(15)10-13)21-18(23)12-22(2)14-6-4-3-5-7-14/h13-14H,3-10,12H2,1-2H3,(H,21,23). The second kappa shape index (κ2) is 7.67. The molecule has 1 aromatic heterocycles. The predicted molar refractivity (Wildman–Crippen MR) is 98.4 cm³/mol. The molecule has 1 fully saturated rings. The van der Waals surface area contributed by atoms with Gasteiger partial charge in [0.15, 0.2) is 0 Å². The maximum atomic E-state index is 12.5. The first-order chi connectivity index (χ1) is 11.6. The van der Waals surface area contributed by atoms with Crippen molar-refractivity contribution < 1.29 is 4.79 Å². The van der Waals surface area contributed by atoms with E-state index in [1.807, 2.05) is 7.05 Å². The van der Waals surface area contributed by atoms with Crippen molar-refractivity contribution in [3.05, 3.63) is 16.0 Å². The molecule has 1 heterocycles. The highest BCUT2D eigenvalue weighted by Gasteiger charge is 2.25. The molecule has 24 heavy (non-hydrogen) atoms. The van der Waals surface area contributed by atoms with E-state index in [-0.39, 0.29) is 5.91 Å². The Labute approximate surface area is 148 Å². The van der Waals surface area contributed by atoms with Crippen LogP contribution in [0.5, 0.6) is 0 Å². The Morgan fingerprint density at radius 2 is 2.08 bits per heavy atom. The number of anilines is 1. The van der Waals surface area contributed by atoms with Crippen molar-refractivity contribution in [1.82, 2.24) is 4.90 Å². The van der Waals surface area contributed by atoms with Gasteiger partial charge in [-0.15, -0.1) is 11.3 Å². The molecule has 2 aliphatic rings. The maximum Gasteiger partial charge on any atom is 0.239 e. The number of likely N-dealkylation sites (N-methyl/N-ethyl adjacent to an activating group) is 1. The summed E-state index contributed by atoms with van der Waals surface area (Å²) in [4.78, 5) is 15.9. The number of carbonyl (C=O) groups excluding carboxylic acids is 1. The second-order valence-electron chi connectivity index (χ2n) is 7.42. The molecule has 4 nitrogen and oxygen atoms in total. The molecule has 130 valence electrons. The third-order valence-corrected chi connectivity index (χ3v) is 6.64. The Morgan fingerprint density at radius 3 is 2.79 bits per heavy atom. The molecule has 0 spiro atoms. The lowest BCUT2D eigenvalue weighted by atomic mass is 9.89. The van der Waals surface area contributed by atoms with Gasteiger partial charge in [-0.25, -0.2) is 0 Å². The monoisotopic (exact) mass is 345 g/mol. The minimum Gasteiger partial charge on any atom is -0.315 e. The summed E-state index contributed by atoms with van der Waals surface area (Å²) in [5.74, 6) is 0.676. The van der Waals surface area contributed by atoms with Gasteiger partial charge in [-0.2, -0.15) is 5.26 Å². The highest BCUT2D eigenvalue weighted by atomic mass is 32.1. The lowest BCUT2D eigenvalue weighted by molar-refractivity contribution is -0.117. The molecule has 0 bridgehead atoms. The molecule has 0 saturated heterocycles. The van der Waals surface area contributed by atoms with E-state index in [0.29, 0.717) is 24.1 Å². The molecule has 5 heteroatoms. The smallest absolute Gasteiger partial charge is 0.239 e. The quantitative estimate of drug-likeness (QED) is 0.899. The molecular formula is C19H27N3OS. The fourth-order valence-electron chi connectivity index (χ4n) is 4.00. The highest BCUT2D eigenvalue weighted by Crippen LogP contribution is 2.39. The Hall–Kier alpha value is -1.38. The van der Waals surface area contributed by atoms with E-state index in [1.165, 1.54) is 42.5 Å². The van der Waals surface area contributed by atoms with Gasteiger partial charge >= 0.3 is 0 Å². The van der Waals surface area contributed by atoms with E-state index < -0.39 is 0 Å². The van der Waals surface area contributed by atoms with Crippen LogP contribution in [0.15, 0.2) is 0 Å². The number of nitriles is 1. The summed E-state index contributed by atoms with van der Waals surface area (Å²) in [6, 6.07) is 2.85. The van der Waals surface area contributed by atoms with Crippen molar-refractivity contribution >= 4 is 22.2 Å². The molecule has 1 aromatic rings. The molecule has 1 unspecified atom stereocenters. The molecule has 1 amide bonds. The van der Waals surface area contributed by atoms with E-state index >= 15 is 0 Å². The average molecular weight is 346 g/mol. The van der Waals surface area contributed by atoms with Crippen LogP contribution in [0.3, 0.4) is 0 Å². The van der Waals surface area contributed by atoms with Crippen LogP contribution in [0.25, 0.3) is 0 Å². The Kier molecular flexibility index (Phi) is 5.57. The van der Waals surface area contributed by atoms with Crippen molar-refractivity contribution in [3.63, 3.8) is 0 Å². The number of nitrogens with zero attached hydrogens (tertiary/aromatic N) is 2. The Balaban J connectivity index is 1.65. The molecule has 3 rings (SSSR count). The summed E-state index contributed by atoms with van der Waals surface area (Å²) >= 11 is 1.61. The molecule has 1 N–H and O–H groups in total. The van der Waals surface area contributed by atoms with Gasteiger partial charge < -0.3 is 5.32 Å². The summed E-state index contributed by atoms with van der Waals surface area (Å²) < 4.78 is 0. The number of hydrogen-bond donors (Lipinski definition) is 1. The van der Waals surface area contributed by atoms with Crippen LogP contribution in [0.2, 0.25) is 0 Å². The van der Waals surface area contributed by atoms with E-state index in [9.17, 15) is 10.1 Å². The van der Waals surface area contributed by atoms with Gasteiger partial charge in [-0.3, -0.25) is 9.69 Å². The summed E-state index contributed by atoms with van der Waals surface area (Å²) in [6.07, 6.45) is 9.38. The number of hydrogen-bond acceptors (Lipinski definition) is 4. The fourth-order valence-corrected chi connectivity index (χ4v) is 5.38. The van der Waals surface area contributed by atoms with E-state index in [0.717, 1.165) is 24.3 Å². The molecule has 1 atom stereocenters. The van der Waals surface area contributed by atoms with Crippen molar-refractivity contribution in [2.24, 2.45) is 5.92 Å². The largest absolute Gasteiger partial charge is 0.315 e. The topological polar surface area (TPSA) is 56.1 Å². The number of carbonyl (C=O) groups is 1. The Bertz CT molecular complexity index is 640. The molecular weight excluding hydrogens is 318 g/mol. The van der Waals surface area contributed by atoms with Gasteiger partial charge in [-0.1, -0.05) is 26.2 Å². The molecule has 0 radical (unpaired) electrons. The molecule has 1 saturated carbocycles. The SMILES string of the molecule is CC1CCc2c(sc(NC(=O)CN(C)C3CCCCC3)c2C#N)C1. The first kappa shape index (κ1) is 17.4. The third-order valence-electron chi connectivity index (χ3n) is 5.47. The van der Waals surface area contributed by atoms with Crippen LogP contribution < -0.4 is 5.32 Å². The van der Waals surface area contributed by atoms with Crippen molar-refractivity contribution in [1.29, 1.82) is 5.26 Å². The van der Waals surface area contributed by atoms with Crippen molar-refractivity contribution in [2.45, 2.75) is 64.3 Å². The lowest BCUT2D eigenvalue weighted by Crippen LogP contribution is -2.39. The zero-order valence-corrected chi connectivity index (χ0v) is 15.5. The number of thiophene rings is 1. The molecule has 0 aliphatic heterocycles. The fraction of sp³-hybridized carbons (Fsp3) is 0.684. The maximum absolute atomic E-state index is 12.5. The first-order valence-electron chi connectivity index (χ1n) is 9.13. The van der Waals surface area contributed by atoms with Crippen LogP contribution in [0, 0.1) is 17.2 Å². The van der Waals surface area contributed by atoms with E-state index in [2.05, 4.69) is 23.2 Å². The molecule has 2 aliphatic carbocycles. The van der Waals surface area contributed by atoms with E-state index in [1.54, 1.807) is 11.3 Å². The van der Waals surface area contributed by atoms with Gasteiger partial charge in [0.1, 0.15) is 11.1 Å². The van der Waals surface area contributed by atoms with Gasteiger partial charge in [-0.05, 0) is 50.6 Å². The second-order valence-corrected chi connectivity index (χ2v) is 8.53. The summed E-state index contributed by atoms with van der Waals surface area (Å²) in [5, 5.41) is 13.3. The average Bonchev–Trinajstić information content (AvgIpc) is 2.91. The zero-order valence-electron chi connectivity index (χ0n) is 14.7. The minimum atomic E-state index is 0.00576. The van der Waals surface area contributed by atoms with E-state index in [4.69, 9.17) is 0 Å². The predicted octanol–water partition coefficient (Wildman–Crippen LogP) is 3.95. The van der Waals surface area contributed by atoms with Crippen LogP contribution in [-0.2, 0) is 17.6 Å². The number of fused-ring (bicyclic) bond motifs is 1. The molecule has 0 aromatic carbocycles.